The van der Waals surface area contributed by atoms with Gasteiger partial charge in [0.15, 0.2) is 11.5 Å². The minimum absolute atomic E-state index is 0.00684. The van der Waals surface area contributed by atoms with E-state index >= 15 is 0 Å². The van der Waals surface area contributed by atoms with Crippen molar-refractivity contribution in [3.8, 4) is 11.5 Å². The Hall–Kier alpha value is -1.46. The smallest absolute Gasteiger partial charge is 0.238 e. The van der Waals surface area contributed by atoms with Crippen molar-refractivity contribution < 1.29 is 14.3 Å². The molecule has 2 aliphatic heterocycles. The van der Waals surface area contributed by atoms with Gasteiger partial charge in [0.1, 0.15) is 0 Å². The summed E-state index contributed by atoms with van der Waals surface area (Å²) in [6.07, 6.45) is 8.52. The molecule has 0 radical (unpaired) electrons. The van der Waals surface area contributed by atoms with E-state index in [0.29, 0.717) is 48.0 Å². The first kappa shape index (κ1) is 17.9. The zero-order valence-electron chi connectivity index (χ0n) is 15.1. The Labute approximate surface area is 160 Å². The summed E-state index contributed by atoms with van der Waals surface area (Å²) < 4.78 is 11.3. The van der Waals surface area contributed by atoms with Crippen LogP contribution >= 0.6 is 11.6 Å². The summed E-state index contributed by atoms with van der Waals surface area (Å²) >= 11 is 6.35. The lowest BCUT2D eigenvalue weighted by Crippen LogP contribution is -2.49. The summed E-state index contributed by atoms with van der Waals surface area (Å²) in [6.45, 7) is 2.68. The molecule has 0 aromatic heterocycles. The summed E-state index contributed by atoms with van der Waals surface area (Å²) in [7, 11) is 0. The first-order valence-corrected chi connectivity index (χ1v) is 10.2. The van der Waals surface area contributed by atoms with Gasteiger partial charge in [-0.2, -0.15) is 0 Å². The third kappa shape index (κ3) is 3.94. The predicted octanol–water partition coefficient (Wildman–Crippen LogP) is 4.09. The van der Waals surface area contributed by atoms with Gasteiger partial charge in [0, 0.05) is 24.6 Å². The van der Waals surface area contributed by atoms with Gasteiger partial charge >= 0.3 is 0 Å². The lowest BCUT2D eigenvalue weighted by molar-refractivity contribution is -0.118. The summed E-state index contributed by atoms with van der Waals surface area (Å²) in [5.74, 6) is 2.05. The van der Waals surface area contributed by atoms with Crippen LogP contribution in [-0.2, 0) is 4.79 Å². The molecule has 3 aliphatic rings. The Morgan fingerprint density at radius 2 is 1.81 bits per heavy atom. The lowest BCUT2D eigenvalue weighted by Gasteiger charge is -2.43. The van der Waals surface area contributed by atoms with Crippen LogP contribution in [0.1, 0.15) is 44.9 Å². The monoisotopic (exact) mass is 378 g/mol. The van der Waals surface area contributed by atoms with Crippen LogP contribution in [0.25, 0.3) is 0 Å². The average molecular weight is 379 g/mol. The number of ether oxygens (including phenoxy) is 2. The number of nitrogens with zero attached hydrogens (tertiary/aromatic N) is 1. The SMILES string of the molecule is O=C(CN1CCC[C@@H]2CCCC[C@@H]21)Nc1cc2c(cc1Cl)OCCCO2. The molecule has 6 heteroatoms. The molecule has 0 spiro atoms. The van der Waals surface area contributed by atoms with Crippen LogP contribution in [-0.4, -0.2) is 43.2 Å². The quantitative estimate of drug-likeness (QED) is 0.860. The maximum Gasteiger partial charge on any atom is 0.238 e. The van der Waals surface area contributed by atoms with E-state index in [0.717, 1.165) is 18.9 Å². The molecule has 26 heavy (non-hydrogen) atoms. The zero-order chi connectivity index (χ0) is 17.9. The molecule has 142 valence electrons. The number of piperidine rings is 1. The van der Waals surface area contributed by atoms with E-state index in [9.17, 15) is 4.79 Å². The standard InChI is InChI=1S/C20H27ClN2O3/c21-15-11-18-19(26-10-4-9-25-18)12-16(15)22-20(24)13-23-8-3-6-14-5-1-2-7-17(14)23/h11-12,14,17H,1-10,13H2,(H,22,24)/t14-,17-/m0/s1. The minimum atomic E-state index is -0.00684. The Bertz CT molecular complexity index is 665. The fourth-order valence-electron chi connectivity index (χ4n) is 4.58. The fourth-order valence-corrected chi connectivity index (χ4v) is 4.78. The summed E-state index contributed by atoms with van der Waals surface area (Å²) in [5, 5.41) is 3.46. The second kappa shape index (κ2) is 8.05. The maximum absolute atomic E-state index is 12.7. The molecule has 2 fully saturated rings. The van der Waals surface area contributed by atoms with Crippen molar-refractivity contribution in [2.45, 2.75) is 51.0 Å². The van der Waals surface area contributed by atoms with Crippen molar-refractivity contribution in [3.05, 3.63) is 17.2 Å². The highest BCUT2D eigenvalue weighted by Crippen LogP contribution is 2.38. The molecule has 1 aromatic rings. The van der Waals surface area contributed by atoms with Gasteiger partial charge in [-0.15, -0.1) is 0 Å². The lowest BCUT2D eigenvalue weighted by atomic mass is 9.78. The predicted molar refractivity (Wildman–Crippen MR) is 102 cm³/mol. The van der Waals surface area contributed by atoms with E-state index in [2.05, 4.69) is 10.2 Å². The highest BCUT2D eigenvalue weighted by molar-refractivity contribution is 6.34. The number of hydrogen-bond donors (Lipinski definition) is 1. The van der Waals surface area contributed by atoms with E-state index in [1.165, 1.54) is 38.5 Å². The molecule has 0 unspecified atom stereocenters. The van der Waals surface area contributed by atoms with E-state index < -0.39 is 0 Å². The number of fused-ring (bicyclic) bond motifs is 2. The van der Waals surface area contributed by atoms with Gasteiger partial charge in [-0.3, -0.25) is 9.69 Å². The topological polar surface area (TPSA) is 50.8 Å². The number of hydrogen-bond acceptors (Lipinski definition) is 4. The molecule has 1 aliphatic carbocycles. The zero-order valence-corrected chi connectivity index (χ0v) is 15.9. The molecule has 4 rings (SSSR count). The largest absolute Gasteiger partial charge is 0.490 e. The molecule has 1 saturated heterocycles. The number of benzene rings is 1. The normalized spacial score (nSPS) is 25.9. The second-order valence-electron chi connectivity index (χ2n) is 7.60. The van der Waals surface area contributed by atoms with Crippen LogP contribution in [0.4, 0.5) is 5.69 Å². The van der Waals surface area contributed by atoms with Gasteiger partial charge in [-0.1, -0.05) is 24.4 Å². The fraction of sp³-hybridized carbons (Fsp3) is 0.650. The van der Waals surface area contributed by atoms with E-state index in [1.54, 1.807) is 12.1 Å². The van der Waals surface area contributed by atoms with Crippen molar-refractivity contribution in [3.63, 3.8) is 0 Å². The third-order valence-corrected chi connectivity index (χ3v) is 6.13. The van der Waals surface area contributed by atoms with Crippen molar-refractivity contribution in [1.82, 2.24) is 4.90 Å². The number of likely N-dealkylation sites (tertiary alicyclic amines) is 1. The van der Waals surface area contributed by atoms with Crippen molar-refractivity contribution >= 4 is 23.2 Å². The van der Waals surface area contributed by atoms with Gasteiger partial charge in [0.25, 0.3) is 0 Å². The van der Waals surface area contributed by atoms with Crippen molar-refractivity contribution in [1.29, 1.82) is 0 Å². The summed E-state index contributed by atoms with van der Waals surface area (Å²) in [5.41, 5.74) is 0.595. The number of carbonyl (C=O) groups is 1. The number of carbonyl (C=O) groups excluding carboxylic acids is 1. The summed E-state index contributed by atoms with van der Waals surface area (Å²) in [6, 6.07) is 4.08. The molecule has 5 nitrogen and oxygen atoms in total. The average Bonchev–Trinajstić information content (AvgIpc) is 2.87. The van der Waals surface area contributed by atoms with Crippen molar-refractivity contribution in [2.24, 2.45) is 5.92 Å². The Morgan fingerprint density at radius 1 is 1.08 bits per heavy atom. The molecule has 2 atom stereocenters. The van der Waals surface area contributed by atoms with Gasteiger partial charge in [-0.25, -0.2) is 0 Å². The van der Waals surface area contributed by atoms with E-state index in [-0.39, 0.29) is 5.91 Å². The molecule has 1 aromatic carbocycles. The number of rotatable bonds is 3. The highest BCUT2D eigenvalue weighted by atomic mass is 35.5. The van der Waals surface area contributed by atoms with Crippen molar-refractivity contribution in [2.75, 3.05) is 31.6 Å². The molecule has 0 bridgehead atoms. The number of amides is 1. The third-order valence-electron chi connectivity index (χ3n) is 5.82. The molecular weight excluding hydrogens is 352 g/mol. The minimum Gasteiger partial charge on any atom is -0.490 e. The van der Waals surface area contributed by atoms with Crippen LogP contribution in [0, 0.1) is 5.92 Å². The molecule has 1 amide bonds. The van der Waals surface area contributed by atoms with Crippen LogP contribution in [0.2, 0.25) is 5.02 Å². The van der Waals surface area contributed by atoms with Gasteiger partial charge in [0.2, 0.25) is 5.91 Å². The molecular formula is C20H27ClN2O3. The maximum atomic E-state index is 12.7. The van der Waals surface area contributed by atoms with E-state index in [1.807, 2.05) is 0 Å². The van der Waals surface area contributed by atoms with Crippen LogP contribution in [0.3, 0.4) is 0 Å². The molecule has 1 saturated carbocycles. The Kier molecular flexibility index (Phi) is 5.55. The number of anilines is 1. The van der Waals surface area contributed by atoms with Gasteiger partial charge in [0.05, 0.1) is 30.5 Å². The van der Waals surface area contributed by atoms with E-state index in [4.69, 9.17) is 21.1 Å². The highest BCUT2D eigenvalue weighted by Gasteiger charge is 2.34. The first-order chi connectivity index (χ1) is 12.7. The second-order valence-corrected chi connectivity index (χ2v) is 8.01. The Morgan fingerprint density at radius 3 is 2.65 bits per heavy atom. The molecule has 2 heterocycles. The van der Waals surface area contributed by atoms with Crippen LogP contribution in [0.15, 0.2) is 12.1 Å². The summed E-state index contributed by atoms with van der Waals surface area (Å²) in [4.78, 5) is 15.0. The van der Waals surface area contributed by atoms with Crippen LogP contribution < -0.4 is 14.8 Å². The van der Waals surface area contributed by atoms with Gasteiger partial charge in [-0.05, 0) is 38.1 Å². The first-order valence-electron chi connectivity index (χ1n) is 9.84. The number of halogens is 1. The number of nitrogens with one attached hydrogen (secondary N) is 1. The molecule has 1 N–H and O–H groups in total. The van der Waals surface area contributed by atoms with Gasteiger partial charge < -0.3 is 14.8 Å². The van der Waals surface area contributed by atoms with Crippen LogP contribution in [0.5, 0.6) is 11.5 Å². The Balaban J connectivity index is 1.42.